The molecule has 5 heteroatoms. The highest BCUT2D eigenvalue weighted by atomic mass is 32.2. The van der Waals surface area contributed by atoms with Gasteiger partial charge in [-0.1, -0.05) is 54.6 Å². The second-order valence-electron chi connectivity index (χ2n) is 10.7. The quantitative estimate of drug-likeness (QED) is 0.204. The van der Waals surface area contributed by atoms with Gasteiger partial charge in [0.25, 0.3) is 0 Å². The first-order valence-electron chi connectivity index (χ1n) is 14.1. The van der Waals surface area contributed by atoms with Gasteiger partial charge in [0.2, 0.25) is 0 Å². The molecule has 0 bridgehead atoms. The number of nitrogens with zero attached hydrogens (tertiary/aromatic N) is 2. The van der Waals surface area contributed by atoms with Crippen molar-refractivity contribution in [1.82, 2.24) is 4.90 Å². The number of nitrogens with one attached hydrogen (secondary N) is 1. The van der Waals surface area contributed by atoms with E-state index in [9.17, 15) is 5.11 Å². The summed E-state index contributed by atoms with van der Waals surface area (Å²) < 4.78 is 3.52. The predicted molar refractivity (Wildman–Crippen MR) is 165 cm³/mol. The number of aliphatic hydroxyl groups excluding tert-OH is 1. The van der Waals surface area contributed by atoms with E-state index < -0.39 is 0 Å². The SMILES string of the molecule is CC(C)N1CCN(c2ccc(/C(=C(/CCCO)c3ccccc3)c3ccc(NSC4CC4)cc3)cc2)CC1. The van der Waals surface area contributed by atoms with Gasteiger partial charge < -0.3 is 14.7 Å². The molecule has 5 rings (SSSR count). The molecule has 0 atom stereocenters. The van der Waals surface area contributed by atoms with E-state index in [0.29, 0.717) is 6.04 Å². The molecule has 0 unspecified atom stereocenters. The molecule has 2 fully saturated rings. The average Bonchev–Trinajstić information content (AvgIpc) is 3.80. The van der Waals surface area contributed by atoms with Crippen LogP contribution in [0.1, 0.15) is 56.2 Å². The highest BCUT2D eigenvalue weighted by Crippen LogP contribution is 2.38. The van der Waals surface area contributed by atoms with Crippen molar-refractivity contribution in [2.24, 2.45) is 0 Å². The van der Waals surface area contributed by atoms with E-state index in [1.165, 1.54) is 46.4 Å². The maximum Gasteiger partial charge on any atom is 0.0440 e. The number of hydrogen-bond acceptors (Lipinski definition) is 5. The number of benzene rings is 3. The Bertz CT molecular complexity index is 1180. The summed E-state index contributed by atoms with van der Waals surface area (Å²) in [5, 5.41) is 10.5. The van der Waals surface area contributed by atoms with Crippen LogP contribution in [0.25, 0.3) is 11.1 Å². The Kier molecular flexibility index (Phi) is 9.10. The minimum atomic E-state index is 0.187. The van der Waals surface area contributed by atoms with E-state index in [0.717, 1.165) is 50.0 Å². The Hall–Kier alpha value is -2.73. The van der Waals surface area contributed by atoms with Crippen LogP contribution in [0.5, 0.6) is 0 Å². The number of anilines is 2. The molecule has 2 N–H and O–H groups in total. The van der Waals surface area contributed by atoms with E-state index in [1.807, 2.05) is 11.9 Å². The largest absolute Gasteiger partial charge is 0.396 e. The van der Waals surface area contributed by atoms with Gasteiger partial charge in [-0.2, -0.15) is 0 Å². The fraction of sp³-hybridized carbons (Fsp3) is 0.394. The van der Waals surface area contributed by atoms with Gasteiger partial charge in [0.1, 0.15) is 0 Å². The van der Waals surface area contributed by atoms with Crippen LogP contribution in [0.2, 0.25) is 0 Å². The molecule has 3 aromatic carbocycles. The third kappa shape index (κ3) is 6.82. The Morgan fingerprint density at radius 3 is 2.05 bits per heavy atom. The van der Waals surface area contributed by atoms with Gasteiger partial charge in [0.05, 0.1) is 0 Å². The van der Waals surface area contributed by atoms with Crippen LogP contribution in [0.15, 0.2) is 78.9 Å². The van der Waals surface area contributed by atoms with E-state index in [-0.39, 0.29) is 6.61 Å². The van der Waals surface area contributed by atoms with Gasteiger partial charge in [0.15, 0.2) is 0 Å². The van der Waals surface area contributed by atoms with Gasteiger partial charge >= 0.3 is 0 Å². The molecule has 38 heavy (non-hydrogen) atoms. The standard InChI is InChI=1S/C33H41N3OS/c1-25(2)35-20-22-36(23-21-35)30-16-12-28(13-17-30)33(32(9-6-24-37)26-7-4-3-5-8-26)27-10-14-29(15-11-27)34-38-31-18-19-31/h3-5,7-8,10-17,25,31,34,37H,6,9,18-24H2,1-2H3/b33-32-. The predicted octanol–water partition coefficient (Wildman–Crippen LogP) is 7.17. The van der Waals surface area contributed by atoms with Crippen LogP contribution in [0.3, 0.4) is 0 Å². The lowest BCUT2D eigenvalue weighted by atomic mass is 9.87. The average molecular weight is 528 g/mol. The molecule has 1 aliphatic carbocycles. The molecule has 2 aliphatic rings. The summed E-state index contributed by atoms with van der Waals surface area (Å²) in [6.45, 7) is 9.12. The zero-order valence-electron chi connectivity index (χ0n) is 22.8. The zero-order valence-corrected chi connectivity index (χ0v) is 23.6. The monoisotopic (exact) mass is 527 g/mol. The smallest absolute Gasteiger partial charge is 0.0440 e. The van der Waals surface area contributed by atoms with Crippen molar-refractivity contribution in [2.45, 2.75) is 50.8 Å². The highest BCUT2D eigenvalue weighted by molar-refractivity contribution is 8.01. The van der Waals surface area contributed by atoms with Crippen LogP contribution >= 0.6 is 11.9 Å². The molecule has 0 radical (unpaired) electrons. The molecule has 0 amide bonds. The first-order valence-corrected chi connectivity index (χ1v) is 15.0. The normalized spacial score (nSPS) is 17.0. The Morgan fingerprint density at radius 2 is 1.47 bits per heavy atom. The summed E-state index contributed by atoms with van der Waals surface area (Å²) in [5.41, 5.74) is 8.63. The molecular formula is C33H41N3OS. The zero-order chi connectivity index (χ0) is 26.3. The van der Waals surface area contributed by atoms with Crippen molar-refractivity contribution < 1.29 is 5.11 Å². The van der Waals surface area contributed by atoms with Crippen molar-refractivity contribution in [1.29, 1.82) is 0 Å². The summed E-state index contributed by atoms with van der Waals surface area (Å²) in [7, 11) is 0. The van der Waals surface area contributed by atoms with E-state index in [4.69, 9.17) is 0 Å². The second kappa shape index (κ2) is 12.9. The van der Waals surface area contributed by atoms with Crippen LogP contribution in [-0.4, -0.2) is 54.1 Å². The molecule has 200 valence electrons. The van der Waals surface area contributed by atoms with Crippen molar-refractivity contribution in [3.8, 4) is 0 Å². The molecule has 4 nitrogen and oxygen atoms in total. The topological polar surface area (TPSA) is 38.7 Å². The van der Waals surface area contributed by atoms with Crippen LogP contribution in [0.4, 0.5) is 11.4 Å². The van der Waals surface area contributed by atoms with E-state index >= 15 is 0 Å². The molecule has 0 spiro atoms. The van der Waals surface area contributed by atoms with Gasteiger partial charge in [-0.05, 0) is 104 Å². The number of hydrogen-bond donors (Lipinski definition) is 2. The van der Waals surface area contributed by atoms with Crippen LogP contribution < -0.4 is 9.62 Å². The Morgan fingerprint density at radius 1 is 0.842 bits per heavy atom. The van der Waals surface area contributed by atoms with Crippen molar-refractivity contribution in [2.75, 3.05) is 42.4 Å². The molecular weight excluding hydrogens is 486 g/mol. The molecule has 0 aromatic heterocycles. The van der Waals surface area contributed by atoms with Gasteiger partial charge in [-0.15, -0.1) is 0 Å². The lowest BCUT2D eigenvalue weighted by Gasteiger charge is -2.38. The van der Waals surface area contributed by atoms with Gasteiger partial charge in [-0.3, -0.25) is 4.90 Å². The molecule has 1 aliphatic heterocycles. The maximum atomic E-state index is 9.72. The second-order valence-corrected chi connectivity index (χ2v) is 11.8. The third-order valence-electron chi connectivity index (χ3n) is 7.62. The Balaban J connectivity index is 1.47. The van der Waals surface area contributed by atoms with Gasteiger partial charge in [-0.25, -0.2) is 0 Å². The maximum absolute atomic E-state index is 9.72. The van der Waals surface area contributed by atoms with Crippen LogP contribution in [-0.2, 0) is 0 Å². The van der Waals surface area contributed by atoms with Crippen LogP contribution in [0, 0.1) is 0 Å². The molecule has 1 saturated heterocycles. The third-order valence-corrected chi connectivity index (χ3v) is 8.77. The first kappa shape index (κ1) is 26.9. The number of piperazine rings is 1. The summed E-state index contributed by atoms with van der Waals surface area (Å²) in [6.07, 6.45) is 4.20. The molecule has 3 aromatic rings. The summed E-state index contributed by atoms with van der Waals surface area (Å²) in [4.78, 5) is 5.06. The summed E-state index contributed by atoms with van der Waals surface area (Å²) in [6, 6.07) is 29.3. The fourth-order valence-electron chi connectivity index (χ4n) is 5.20. The van der Waals surface area contributed by atoms with Crippen molar-refractivity contribution in [3.63, 3.8) is 0 Å². The van der Waals surface area contributed by atoms with Crippen molar-refractivity contribution in [3.05, 3.63) is 95.6 Å². The minimum absolute atomic E-state index is 0.187. The first-order chi connectivity index (χ1) is 18.6. The number of rotatable bonds is 11. The number of aliphatic hydroxyl groups is 1. The lowest BCUT2D eigenvalue weighted by molar-refractivity contribution is 0.209. The summed E-state index contributed by atoms with van der Waals surface area (Å²) in [5.74, 6) is 0. The van der Waals surface area contributed by atoms with E-state index in [2.05, 4.69) is 107 Å². The number of allylic oxidation sites excluding steroid dienone is 1. The Labute approximate surface area is 232 Å². The lowest BCUT2D eigenvalue weighted by Crippen LogP contribution is -2.48. The highest BCUT2D eigenvalue weighted by Gasteiger charge is 2.22. The fourth-order valence-corrected chi connectivity index (χ4v) is 6.01. The van der Waals surface area contributed by atoms with Gasteiger partial charge in [0, 0.05) is 55.5 Å². The van der Waals surface area contributed by atoms with Crippen molar-refractivity contribution >= 4 is 34.5 Å². The summed E-state index contributed by atoms with van der Waals surface area (Å²) >= 11 is 1.84. The molecule has 1 heterocycles. The molecule has 1 saturated carbocycles. The van der Waals surface area contributed by atoms with E-state index in [1.54, 1.807) is 0 Å². The minimum Gasteiger partial charge on any atom is -0.396 e.